The average Bonchev–Trinajstić information content (AvgIpc) is 3.95. The van der Waals surface area contributed by atoms with Gasteiger partial charge in [0.15, 0.2) is 15.4 Å². The molecule has 0 saturated carbocycles. The second kappa shape index (κ2) is 20.1. The molecule has 376 valence electrons. The molecule has 4 N–H and O–H groups in total. The van der Waals surface area contributed by atoms with Crippen LogP contribution in [-0.2, 0) is 19.1 Å². The van der Waals surface area contributed by atoms with Crippen molar-refractivity contribution in [1.82, 2.24) is 20.6 Å². The highest BCUT2D eigenvalue weighted by molar-refractivity contribution is 7.81. The molecular weight excluding hydrogens is 1050 g/mol. The van der Waals surface area contributed by atoms with Crippen molar-refractivity contribution >= 4 is 175 Å². The van der Waals surface area contributed by atoms with E-state index < -0.39 is 34.5 Å². The number of carbonyl (C=O) groups is 4. The maximum absolute atomic E-state index is 13.6. The number of aromatic nitrogens is 2. The van der Waals surface area contributed by atoms with E-state index in [4.69, 9.17) is 76.0 Å². The molecule has 2 aliphatic heterocycles. The van der Waals surface area contributed by atoms with E-state index in [2.05, 4.69) is 35.3 Å². The predicted octanol–water partition coefficient (Wildman–Crippen LogP) is 12.5. The van der Waals surface area contributed by atoms with Crippen molar-refractivity contribution in [1.29, 1.82) is 0 Å². The maximum atomic E-state index is 13.6. The Morgan fingerprint density at radius 3 is 1.47 bits per heavy atom. The third kappa shape index (κ3) is 11.3. The Balaban J connectivity index is 0.000000237. The molecule has 0 atom stereocenters. The summed E-state index contributed by atoms with van der Waals surface area (Å²) in [5.41, 5.74) is 6.50. The van der Waals surface area contributed by atoms with E-state index in [1.807, 2.05) is 44.2 Å². The molecular formula is C49H46Cl2N12O6S4. The minimum absolute atomic E-state index is 0.179. The number of nitrogens with two attached hydrogens (primary N) is 1. The lowest BCUT2D eigenvalue weighted by Gasteiger charge is -2.29. The van der Waals surface area contributed by atoms with Gasteiger partial charge in [0.1, 0.15) is 22.3 Å². The quantitative estimate of drug-likeness (QED) is 0.0639. The third-order valence-electron chi connectivity index (χ3n) is 10.7. The van der Waals surface area contributed by atoms with Crippen LogP contribution in [0, 0.1) is 13.1 Å². The summed E-state index contributed by atoms with van der Waals surface area (Å²) in [5.74, 6) is -0.681. The molecule has 0 unspecified atom stereocenters. The zero-order valence-corrected chi connectivity index (χ0v) is 45.6. The van der Waals surface area contributed by atoms with Crippen molar-refractivity contribution in [3.8, 4) is 0 Å². The van der Waals surface area contributed by atoms with E-state index >= 15 is 0 Å². The number of hydrogen-bond donors (Lipinski definition) is 3. The van der Waals surface area contributed by atoms with Gasteiger partial charge in [0, 0.05) is 21.4 Å². The van der Waals surface area contributed by atoms with Gasteiger partial charge in [-0.05, 0) is 154 Å². The number of carbonyl (C=O) groups excluding carboxylic acids is 4. The molecule has 0 spiro atoms. The Labute approximate surface area is 449 Å². The van der Waals surface area contributed by atoms with Gasteiger partial charge in [-0.3, -0.25) is 30.0 Å². The van der Waals surface area contributed by atoms with Crippen LogP contribution in [0.1, 0.15) is 69.2 Å². The van der Waals surface area contributed by atoms with Gasteiger partial charge in [0.05, 0.1) is 45.0 Å². The molecule has 0 radical (unpaired) electrons. The molecule has 2 aromatic heterocycles. The van der Waals surface area contributed by atoms with Crippen molar-refractivity contribution in [2.75, 3.05) is 25.3 Å². The largest absolute Gasteiger partial charge is 0.444 e. The molecule has 0 bridgehead atoms. The number of alkyl carbamates (subject to hydrolysis) is 2. The van der Waals surface area contributed by atoms with Crippen LogP contribution in [0.15, 0.2) is 77.8 Å². The molecule has 2 fully saturated rings. The summed E-state index contributed by atoms with van der Waals surface area (Å²) < 4.78 is 12.3. The summed E-state index contributed by atoms with van der Waals surface area (Å²) in [6.45, 7) is 31.8. The number of thiazole rings is 2. The number of guanidine groups is 1. The number of fused-ring (bicyclic) bond motifs is 2. The summed E-state index contributed by atoms with van der Waals surface area (Å²) in [5, 5.41) is 6.65. The van der Waals surface area contributed by atoms with E-state index in [0.717, 1.165) is 20.6 Å². The van der Waals surface area contributed by atoms with E-state index in [1.54, 1.807) is 108 Å². The number of nitrogens with one attached hydrogen (secondary N) is 2. The highest BCUT2D eigenvalue weighted by atomic mass is 35.5. The highest BCUT2D eigenvalue weighted by Crippen LogP contribution is 2.42. The molecule has 18 nitrogen and oxygen atoms in total. The topological polar surface area (TPSA) is 197 Å². The third-order valence-corrected chi connectivity index (χ3v) is 13.8. The van der Waals surface area contributed by atoms with Crippen molar-refractivity contribution in [3.63, 3.8) is 0 Å². The molecule has 4 aromatic carbocycles. The van der Waals surface area contributed by atoms with Gasteiger partial charge >= 0.3 is 12.2 Å². The van der Waals surface area contributed by atoms with Gasteiger partial charge in [-0.2, -0.15) is 4.99 Å². The van der Waals surface area contributed by atoms with Crippen LogP contribution in [0.3, 0.4) is 0 Å². The van der Waals surface area contributed by atoms with Gasteiger partial charge in [-0.15, -0.1) is 0 Å². The number of benzene rings is 4. The number of amides is 4. The van der Waals surface area contributed by atoms with E-state index in [-0.39, 0.29) is 43.8 Å². The Morgan fingerprint density at radius 1 is 0.671 bits per heavy atom. The Bertz CT molecular complexity index is 3390. The van der Waals surface area contributed by atoms with Crippen LogP contribution in [0.5, 0.6) is 0 Å². The summed E-state index contributed by atoms with van der Waals surface area (Å²) >= 11 is 26.5. The molecule has 6 aromatic rings. The summed E-state index contributed by atoms with van der Waals surface area (Å²) in [7, 11) is 0. The monoisotopic (exact) mass is 1100 g/mol. The predicted molar refractivity (Wildman–Crippen MR) is 298 cm³/mol. The summed E-state index contributed by atoms with van der Waals surface area (Å²) in [6, 6.07) is 20.7. The van der Waals surface area contributed by atoms with Crippen LogP contribution in [0.2, 0.25) is 10.0 Å². The molecule has 0 aliphatic carbocycles. The number of nitrogen functional groups attached to an aromatic ring is 1. The van der Waals surface area contributed by atoms with Gasteiger partial charge in [-0.1, -0.05) is 58.0 Å². The first-order valence-corrected chi connectivity index (χ1v) is 25.1. The number of anilines is 5. The van der Waals surface area contributed by atoms with E-state index in [0.29, 0.717) is 38.5 Å². The summed E-state index contributed by atoms with van der Waals surface area (Å²) in [6.07, 6.45) is -1.66. The molecule has 2 aliphatic rings. The fourth-order valence-electron chi connectivity index (χ4n) is 7.51. The smallest absolute Gasteiger partial charge is 0.414 e. The molecule has 8 rings (SSSR count). The molecule has 4 heterocycles. The van der Waals surface area contributed by atoms with Crippen LogP contribution in [0.25, 0.3) is 30.1 Å². The first-order chi connectivity index (χ1) is 34.0. The number of halogens is 2. The molecule has 2 saturated heterocycles. The lowest BCUT2D eigenvalue weighted by molar-refractivity contribution is -0.121. The second-order valence-electron chi connectivity index (χ2n) is 19.2. The highest BCUT2D eigenvalue weighted by Gasteiger charge is 2.51. The standard InChI is InChI=1S/C30H32ClN7O5S2.C19H14ClN5OS2/c1-28(2,3)42-25(40)35-23(36-26(41)43-29(4,5)6)34-24-33-20-15-17(11-13-21(20)45-24)38-27(44)37(22(39)30(38,7)8)16-10-12-19(32-9)18(31)14-16;1-19(2)16(26)24(10-4-6-13(22-3)12(20)8-10)18(27)25(19)11-5-7-15-14(9-11)23-17(21)28-15/h10-15H,1-8H3,(H2,33,34,35,36,40,41);4-9H,1-2H3,(H2,21,23). The fraction of sp³-hybridized carbons (Fsp3) is 0.286. The van der Waals surface area contributed by atoms with E-state index in [9.17, 15) is 19.2 Å². The van der Waals surface area contributed by atoms with Gasteiger partial charge < -0.3 is 25.0 Å². The average molecular weight is 1100 g/mol. The van der Waals surface area contributed by atoms with E-state index in [1.165, 1.54) is 32.5 Å². The number of nitrogens with zero attached hydrogens (tertiary/aromatic N) is 9. The van der Waals surface area contributed by atoms with Gasteiger partial charge in [-0.25, -0.2) is 29.2 Å². The van der Waals surface area contributed by atoms with Crippen molar-refractivity contribution < 1.29 is 28.7 Å². The lowest BCUT2D eigenvalue weighted by Crippen LogP contribution is -2.47. The zero-order chi connectivity index (χ0) is 53.7. The normalized spacial score (nSPS) is 15.2. The summed E-state index contributed by atoms with van der Waals surface area (Å²) in [4.78, 5) is 78.2. The molecule has 24 heteroatoms. The number of thiocarbonyl (C=S) groups is 2. The molecule has 73 heavy (non-hydrogen) atoms. The number of rotatable bonds is 5. The second-order valence-corrected chi connectivity index (χ2v) is 22.8. The Hall–Kier alpha value is -7.05. The fourth-order valence-corrected chi connectivity index (χ4v) is 10.5. The SMILES string of the molecule is [C-]#[N+]c1ccc(N2C(=O)C(C)(C)N(c3ccc4sc(N)nc4c3)C2=S)cc1Cl.[C-]#[N+]c1ccc(N2C(=O)C(C)(C)N(c3ccc4sc(N=C(NC(=O)OC(C)(C)C)NC(=O)OC(C)(C)C)nc4c3)C2=S)cc1Cl. The first kappa shape index (κ1) is 53.7. The van der Waals surface area contributed by atoms with Gasteiger partial charge in [0.2, 0.25) is 22.5 Å². The van der Waals surface area contributed by atoms with Crippen molar-refractivity contribution in [2.45, 2.75) is 91.5 Å². The van der Waals surface area contributed by atoms with Crippen molar-refractivity contribution in [2.24, 2.45) is 4.99 Å². The van der Waals surface area contributed by atoms with Crippen LogP contribution >= 0.6 is 70.3 Å². The maximum Gasteiger partial charge on any atom is 0.414 e. The minimum Gasteiger partial charge on any atom is -0.444 e. The van der Waals surface area contributed by atoms with Crippen LogP contribution in [-0.4, -0.2) is 72.4 Å². The van der Waals surface area contributed by atoms with Crippen LogP contribution in [0.4, 0.5) is 54.0 Å². The van der Waals surface area contributed by atoms with Crippen LogP contribution < -0.4 is 36.0 Å². The molecule has 4 amide bonds. The zero-order valence-electron chi connectivity index (χ0n) is 40.9. The van der Waals surface area contributed by atoms with Crippen molar-refractivity contribution in [3.05, 3.63) is 106 Å². The number of aliphatic imine (C=N–C) groups is 1. The number of hydrogen-bond acceptors (Lipinski definition) is 14. The van der Waals surface area contributed by atoms with Gasteiger partial charge in [0.25, 0.3) is 11.8 Å². The minimum atomic E-state index is -1.06. The first-order valence-electron chi connectivity index (χ1n) is 21.9. The Kier molecular flexibility index (Phi) is 14.8. The number of ether oxygens (including phenoxy) is 2. The Morgan fingerprint density at radius 2 is 1.07 bits per heavy atom. The lowest BCUT2D eigenvalue weighted by atomic mass is 10.0.